The van der Waals surface area contributed by atoms with Crippen LogP contribution < -0.4 is 0 Å². The van der Waals surface area contributed by atoms with Crippen LogP contribution in [0.1, 0.15) is 104 Å². The number of Topliss-reactive ketones (excluding diaryl/α,β-unsaturated/α-hetero) is 1. The molecule has 174 valence electrons. The third-order valence-electron chi connectivity index (χ3n) is 6.10. The Morgan fingerprint density at radius 2 is 1.25 bits per heavy atom. The summed E-state index contributed by atoms with van der Waals surface area (Å²) < 4.78 is 5.59. The van der Waals surface area contributed by atoms with Crippen LogP contribution in [-0.2, 0) is 9.53 Å². The second kappa shape index (κ2) is 14.6. The largest absolute Gasteiger partial charge is 0.465 e. The average molecular weight is 437 g/mol. The Labute approximate surface area is 194 Å². The Morgan fingerprint density at radius 3 is 1.81 bits per heavy atom. The van der Waals surface area contributed by atoms with E-state index in [4.69, 9.17) is 4.74 Å². The van der Waals surface area contributed by atoms with Crippen molar-refractivity contribution in [1.29, 1.82) is 0 Å². The summed E-state index contributed by atoms with van der Waals surface area (Å²) in [6.07, 6.45) is 12.3. The molecule has 0 N–H and O–H groups in total. The van der Waals surface area contributed by atoms with Gasteiger partial charge in [0.25, 0.3) is 0 Å². The molecule has 0 spiro atoms. The van der Waals surface area contributed by atoms with E-state index in [0.29, 0.717) is 17.7 Å². The highest BCUT2D eigenvalue weighted by Crippen LogP contribution is 2.26. The number of unbranched alkanes of at least 4 members (excludes halogenated alkanes) is 9. The SMILES string of the molecule is CCCCCCCCCCCCOC(=O)C(C(=O)c1c(C)cccc1C)c1ccccc1. The van der Waals surface area contributed by atoms with Crippen LogP contribution >= 0.6 is 0 Å². The Hall–Kier alpha value is -2.42. The minimum Gasteiger partial charge on any atom is -0.465 e. The van der Waals surface area contributed by atoms with Crippen LogP contribution in [0.4, 0.5) is 0 Å². The summed E-state index contributed by atoms with van der Waals surface area (Å²) in [7, 11) is 0. The predicted octanol–water partition coefficient (Wildman–Crippen LogP) is 7.73. The summed E-state index contributed by atoms with van der Waals surface area (Å²) in [5.74, 6) is -1.54. The van der Waals surface area contributed by atoms with E-state index in [2.05, 4.69) is 6.92 Å². The normalized spacial score (nSPS) is 11.8. The minimum atomic E-state index is -0.917. The third kappa shape index (κ3) is 8.26. The predicted molar refractivity (Wildman–Crippen MR) is 132 cm³/mol. The van der Waals surface area contributed by atoms with Gasteiger partial charge >= 0.3 is 5.97 Å². The molecule has 0 radical (unpaired) electrons. The van der Waals surface area contributed by atoms with Gasteiger partial charge in [-0.15, -0.1) is 0 Å². The first-order valence-electron chi connectivity index (χ1n) is 12.4. The molecular formula is C29H40O3. The first kappa shape index (κ1) is 25.8. The number of rotatable bonds is 15. The molecule has 2 aromatic carbocycles. The van der Waals surface area contributed by atoms with Crippen LogP contribution in [0.25, 0.3) is 0 Å². The number of ketones is 1. The van der Waals surface area contributed by atoms with Gasteiger partial charge in [0.05, 0.1) is 6.61 Å². The smallest absolute Gasteiger partial charge is 0.321 e. The molecule has 0 aliphatic rings. The average Bonchev–Trinajstić information content (AvgIpc) is 2.78. The van der Waals surface area contributed by atoms with Crippen molar-refractivity contribution in [2.75, 3.05) is 6.61 Å². The molecule has 0 saturated heterocycles. The summed E-state index contributed by atoms with van der Waals surface area (Å²) >= 11 is 0. The molecule has 0 aliphatic heterocycles. The monoisotopic (exact) mass is 436 g/mol. The first-order valence-corrected chi connectivity index (χ1v) is 12.4. The topological polar surface area (TPSA) is 43.4 Å². The van der Waals surface area contributed by atoms with Gasteiger partial charge in [0, 0.05) is 5.56 Å². The number of hydrogen-bond acceptors (Lipinski definition) is 3. The first-order chi connectivity index (χ1) is 15.6. The highest BCUT2D eigenvalue weighted by atomic mass is 16.5. The van der Waals surface area contributed by atoms with E-state index in [9.17, 15) is 9.59 Å². The molecule has 2 aromatic rings. The van der Waals surface area contributed by atoms with Crippen LogP contribution in [0.5, 0.6) is 0 Å². The van der Waals surface area contributed by atoms with Gasteiger partial charge < -0.3 is 4.74 Å². The summed E-state index contributed by atoms with van der Waals surface area (Å²) in [4.78, 5) is 26.4. The number of benzene rings is 2. The van der Waals surface area contributed by atoms with Gasteiger partial charge in [-0.2, -0.15) is 0 Å². The molecule has 32 heavy (non-hydrogen) atoms. The molecule has 1 atom stereocenters. The van der Waals surface area contributed by atoms with E-state index in [-0.39, 0.29) is 5.78 Å². The second-order valence-electron chi connectivity index (χ2n) is 8.82. The van der Waals surface area contributed by atoms with Crippen molar-refractivity contribution in [2.24, 2.45) is 0 Å². The fourth-order valence-electron chi connectivity index (χ4n) is 4.23. The molecule has 1 unspecified atom stereocenters. The Kier molecular flexibility index (Phi) is 11.8. The Bertz CT molecular complexity index is 805. The van der Waals surface area contributed by atoms with E-state index in [1.165, 1.54) is 51.4 Å². The zero-order valence-corrected chi connectivity index (χ0v) is 20.2. The van der Waals surface area contributed by atoms with Crippen molar-refractivity contribution < 1.29 is 14.3 Å². The van der Waals surface area contributed by atoms with E-state index in [0.717, 1.165) is 24.0 Å². The van der Waals surface area contributed by atoms with Crippen LogP contribution in [-0.4, -0.2) is 18.4 Å². The number of carbonyl (C=O) groups is 2. The van der Waals surface area contributed by atoms with Gasteiger partial charge in [0.2, 0.25) is 0 Å². The lowest BCUT2D eigenvalue weighted by atomic mass is 9.87. The van der Waals surface area contributed by atoms with Crippen molar-refractivity contribution in [3.63, 3.8) is 0 Å². The Balaban J connectivity index is 1.86. The fraction of sp³-hybridized carbons (Fsp3) is 0.517. The zero-order chi connectivity index (χ0) is 23.2. The number of carbonyl (C=O) groups excluding carboxylic acids is 2. The van der Waals surface area contributed by atoms with Crippen molar-refractivity contribution in [3.05, 3.63) is 70.8 Å². The molecule has 0 aliphatic carbocycles. The van der Waals surface area contributed by atoms with Gasteiger partial charge in [0.15, 0.2) is 5.78 Å². The highest BCUT2D eigenvalue weighted by Gasteiger charge is 2.32. The van der Waals surface area contributed by atoms with Gasteiger partial charge in [-0.05, 0) is 37.0 Å². The third-order valence-corrected chi connectivity index (χ3v) is 6.10. The van der Waals surface area contributed by atoms with Gasteiger partial charge in [-0.1, -0.05) is 113 Å². The molecule has 0 fully saturated rings. The molecule has 2 rings (SSSR count). The van der Waals surface area contributed by atoms with E-state index in [1.807, 2.05) is 62.4 Å². The van der Waals surface area contributed by atoms with E-state index < -0.39 is 11.9 Å². The highest BCUT2D eigenvalue weighted by molar-refractivity contribution is 6.14. The van der Waals surface area contributed by atoms with E-state index in [1.54, 1.807) is 0 Å². The van der Waals surface area contributed by atoms with Gasteiger partial charge in [-0.25, -0.2) is 0 Å². The number of esters is 1. The molecule has 0 saturated carbocycles. The van der Waals surface area contributed by atoms with Crippen LogP contribution in [0.2, 0.25) is 0 Å². The fourth-order valence-corrected chi connectivity index (χ4v) is 4.23. The molecule has 0 amide bonds. The maximum absolute atomic E-state index is 13.4. The molecule has 0 aromatic heterocycles. The molecule has 3 nitrogen and oxygen atoms in total. The maximum atomic E-state index is 13.4. The van der Waals surface area contributed by atoms with Crippen LogP contribution in [0.15, 0.2) is 48.5 Å². The Morgan fingerprint density at radius 1 is 0.719 bits per heavy atom. The minimum absolute atomic E-state index is 0.181. The lowest BCUT2D eigenvalue weighted by Gasteiger charge is -2.18. The number of aryl methyl sites for hydroxylation is 2. The van der Waals surface area contributed by atoms with Crippen molar-refractivity contribution in [3.8, 4) is 0 Å². The molecule has 0 bridgehead atoms. The summed E-state index contributed by atoms with van der Waals surface area (Å²) in [5, 5.41) is 0. The van der Waals surface area contributed by atoms with E-state index >= 15 is 0 Å². The maximum Gasteiger partial charge on any atom is 0.321 e. The molecular weight excluding hydrogens is 396 g/mol. The van der Waals surface area contributed by atoms with Crippen molar-refractivity contribution >= 4 is 11.8 Å². The lowest BCUT2D eigenvalue weighted by molar-refractivity contribution is -0.144. The van der Waals surface area contributed by atoms with Crippen molar-refractivity contribution in [2.45, 2.75) is 90.9 Å². The molecule has 0 heterocycles. The molecule has 3 heteroatoms. The second-order valence-corrected chi connectivity index (χ2v) is 8.82. The number of ether oxygens (including phenoxy) is 1. The quantitative estimate of drug-likeness (QED) is 0.124. The van der Waals surface area contributed by atoms with Crippen LogP contribution in [0.3, 0.4) is 0 Å². The summed E-state index contributed by atoms with van der Waals surface area (Å²) in [6.45, 7) is 6.45. The summed E-state index contributed by atoms with van der Waals surface area (Å²) in [5.41, 5.74) is 3.09. The van der Waals surface area contributed by atoms with Crippen molar-refractivity contribution in [1.82, 2.24) is 0 Å². The number of hydrogen-bond donors (Lipinski definition) is 0. The summed E-state index contributed by atoms with van der Waals surface area (Å²) in [6, 6.07) is 15.0. The van der Waals surface area contributed by atoms with Gasteiger partial charge in [0.1, 0.15) is 5.92 Å². The van der Waals surface area contributed by atoms with Gasteiger partial charge in [-0.3, -0.25) is 9.59 Å². The standard InChI is InChI=1S/C29H40O3/c1-4-5-6-7-8-9-10-11-12-16-22-32-29(31)27(25-20-14-13-15-21-25)28(30)26-23(2)18-17-19-24(26)3/h13-15,17-21,27H,4-12,16,22H2,1-3H3. The lowest BCUT2D eigenvalue weighted by Crippen LogP contribution is -2.26. The van der Waals surface area contributed by atoms with Crippen LogP contribution in [0, 0.1) is 13.8 Å². The zero-order valence-electron chi connectivity index (χ0n) is 20.2.